The molecule has 0 radical (unpaired) electrons. The van der Waals surface area contributed by atoms with Gasteiger partial charge in [0.25, 0.3) is 5.91 Å². The summed E-state index contributed by atoms with van der Waals surface area (Å²) in [7, 11) is 1.50. The van der Waals surface area contributed by atoms with E-state index in [-0.39, 0.29) is 29.2 Å². The molecule has 126 valence electrons. The minimum Gasteiger partial charge on any atom is -0.507 e. The van der Waals surface area contributed by atoms with Crippen LogP contribution < -0.4 is 10.1 Å². The number of amides is 2. The van der Waals surface area contributed by atoms with E-state index in [4.69, 9.17) is 4.74 Å². The first-order valence-electron chi connectivity index (χ1n) is 8.01. The number of rotatable bonds is 7. The van der Waals surface area contributed by atoms with Gasteiger partial charge < -0.3 is 20.1 Å². The fraction of sp³-hybridized carbons (Fsp3) is 0.529. The van der Waals surface area contributed by atoms with Gasteiger partial charge in [-0.3, -0.25) is 9.59 Å². The van der Waals surface area contributed by atoms with Gasteiger partial charge >= 0.3 is 0 Å². The second-order valence-corrected chi connectivity index (χ2v) is 5.68. The number of carbonyl (C=O) groups excluding carboxylic acids is 2. The van der Waals surface area contributed by atoms with E-state index in [9.17, 15) is 14.7 Å². The Labute approximate surface area is 136 Å². The number of likely N-dealkylation sites (tertiary alicyclic amines) is 1. The number of ether oxygens (including phenoxy) is 1. The summed E-state index contributed by atoms with van der Waals surface area (Å²) in [5, 5.41) is 12.7. The molecule has 1 saturated heterocycles. The van der Waals surface area contributed by atoms with E-state index in [1.807, 2.05) is 11.8 Å². The van der Waals surface area contributed by atoms with Gasteiger partial charge in [-0.25, -0.2) is 0 Å². The van der Waals surface area contributed by atoms with E-state index in [0.29, 0.717) is 25.1 Å². The van der Waals surface area contributed by atoms with Crippen molar-refractivity contribution in [3.8, 4) is 11.5 Å². The van der Waals surface area contributed by atoms with Crippen LogP contribution in [0.1, 0.15) is 43.0 Å². The van der Waals surface area contributed by atoms with Crippen molar-refractivity contribution in [1.82, 2.24) is 10.2 Å². The van der Waals surface area contributed by atoms with Gasteiger partial charge in [-0.2, -0.15) is 0 Å². The average Bonchev–Trinajstić information content (AvgIpc) is 2.97. The number of nitrogens with zero attached hydrogens (tertiary/aromatic N) is 1. The molecule has 1 aliphatic rings. The molecule has 0 bridgehead atoms. The van der Waals surface area contributed by atoms with Gasteiger partial charge in [0.05, 0.1) is 12.7 Å². The topological polar surface area (TPSA) is 78.9 Å². The van der Waals surface area contributed by atoms with Crippen LogP contribution >= 0.6 is 0 Å². The van der Waals surface area contributed by atoms with Crippen molar-refractivity contribution < 1.29 is 19.4 Å². The van der Waals surface area contributed by atoms with Crippen LogP contribution in [0.4, 0.5) is 0 Å². The van der Waals surface area contributed by atoms with E-state index in [2.05, 4.69) is 5.32 Å². The van der Waals surface area contributed by atoms with Gasteiger partial charge in [-0.1, -0.05) is 6.92 Å². The number of hydrogen-bond donors (Lipinski definition) is 2. The van der Waals surface area contributed by atoms with Gasteiger partial charge in [0.15, 0.2) is 0 Å². The molecule has 0 aliphatic carbocycles. The molecule has 2 rings (SSSR count). The molecule has 6 nitrogen and oxygen atoms in total. The van der Waals surface area contributed by atoms with Gasteiger partial charge in [0.1, 0.15) is 11.5 Å². The number of hydrogen-bond acceptors (Lipinski definition) is 4. The van der Waals surface area contributed by atoms with Crippen molar-refractivity contribution in [1.29, 1.82) is 0 Å². The number of aromatic hydroxyl groups is 1. The van der Waals surface area contributed by atoms with Gasteiger partial charge in [0, 0.05) is 31.6 Å². The minimum absolute atomic E-state index is 0.108. The molecule has 0 saturated carbocycles. The monoisotopic (exact) mass is 320 g/mol. The summed E-state index contributed by atoms with van der Waals surface area (Å²) in [5.74, 6) is 0.269. The van der Waals surface area contributed by atoms with Crippen LogP contribution in [0.5, 0.6) is 11.5 Å². The standard InChI is InChI=1S/C17H24N2O4/c1-3-12(19-10-4-5-16(19)21)8-9-18-17(22)14-7-6-13(23-2)11-15(14)20/h6-7,11-12,20H,3-5,8-10H2,1-2H3,(H,18,22). The molecule has 0 spiro atoms. The SMILES string of the molecule is CCC(CCNC(=O)c1ccc(OC)cc1O)N1CCCC1=O. The predicted molar refractivity (Wildman–Crippen MR) is 86.6 cm³/mol. The highest BCUT2D eigenvalue weighted by Gasteiger charge is 2.26. The lowest BCUT2D eigenvalue weighted by molar-refractivity contribution is -0.129. The highest BCUT2D eigenvalue weighted by atomic mass is 16.5. The molecule has 1 aliphatic heterocycles. The molecule has 1 heterocycles. The van der Waals surface area contributed by atoms with E-state index in [0.717, 1.165) is 19.4 Å². The quantitative estimate of drug-likeness (QED) is 0.804. The minimum atomic E-state index is -0.326. The second-order valence-electron chi connectivity index (χ2n) is 5.68. The summed E-state index contributed by atoms with van der Waals surface area (Å²) >= 11 is 0. The number of benzene rings is 1. The number of phenolic OH excluding ortho intramolecular Hbond substituents is 1. The van der Waals surface area contributed by atoms with Crippen LogP contribution in [-0.4, -0.2) is 48.1 Å². The summed E-state index contributed by atoms with van der Waals surface area (Å²) in [6, 6.07) is 4.74. The Morgan fingerprint density at radius 2 is 2.26 bits per heavy atom. The smallest absolute Gasteiger partial charge is 0.255 e. The zero-order valence-electron chi connectivity index (χ0n) is 13.7. The molecule has 6 heteroatoms. The summed E-state index contributed by atoms with van der Waals surface area (Å²) in [4.78, 5) is 25.8. The normalized spacial score (nSPS) is 15.6. The van der Waals surface area contributed by atoms with Crippen LogP contribution in [0, 0.1) is 0 Å². The zero-order valence-corrected chi connectivity index (χ0v) is 13.7. The molecular weight excluding hydrogens is 296 g/mol. The van der Waals surface area contributed by atoms with Crippen molar-refractivity contribution >= 4 is 11.8 Å². The summed E-state index contributed by atoms with van der Waals surface area (Å²) in [5.41, 5.74) is 0.219. The Morgan fingerprint density at radius 3 is 2.83 bits per heavy atom. The molecule has 1 aromatic rings. The van der Waals surface area contributed by atoms with E-state index < -0.39 is 0 Å². The molecule has 1 atom stereocenters. The van der Waals surface area contributed by atoms with E-state index in [1.165, 1.54) is 19.2 Å². The maximum atomic E-state index is 12.1. The fourth-order valence-corrected chi connectivity index (χ4v) is 2.91. The van der Waals surface area contributed by atoms with Crippen molar-refractivity contribution in [2.75, 3.05) is 20.2 Å². The van der Waals surface area contributed by atoms with Crippen LogP contribution in [0.25, 0.3) is 0 Å². The number of carbonyl (C=O) groups is 2. The third-order valence-electron chi connectivity index (χ3n) is 4.23. The van der Waals surface area contributed by atoms with Crippen LogP contribution in [-0.2, 0) is 4.79 Å². The number of phenols is 1. The molecule has 1 aromatic carbocycles. The molecule has 2 amide bonds. The van der Waals surface area contributed by atoms with Crippen LogP contribution in [0.2, 0.25) is 0 Å². The van der Waals surface area contributed by atoms with Crippen LogP contribution in [0.15, 0.2) is 18.2 Å². The van der Waals surface area contributed by atoms with E-state index >= 15 is 0 Å². The summed E-state index contributed by atoms with van der Waals surface area (Å²) in [6.07, 6.45) is 3.13. The Balaban J connectivity index is 1.87. The van der Waals surface area contributed by atoms with Crippen molar-refractivity contribution in [3.63, 3.8) is 0 Å². The lowest BCUT2D eigenvalue weighted by Crippen LogP contribution is -2.38. The maximum absolute atomic E-state index is 12.1. The highest BCUT2D eigenvalue weighted by molar-refractivity contribution is 5.97. The predicted octanol–water partition coefficient (Wildman–Crippen LogP) is 1.92. The first kappa shape index (κ1) is 17.1. The molecule has 2 N–H and O–H groups in total. The first-order chi connectivity index (χ1) is 11.1. The summed E-state index contributed by atoms with van der Waals surface area (Å²) in [6.45, 7) is 3.32. The van der Waals surface area contributed by atoms with Crippen molar-refractivity contribution in [2.24, 2.45) is 0 Å². The molecular formula is C17H24N2O4. The van der Waals surface area contributed by atoms with Gasteiger partial charge in [-0.15, -0.1) is 0 Å². The Morgan fingerprint density at radius 1 is 1.48 bits per heavy atom. The molecule has 1 fully saturated rings. The Bertz CT molecular complexity index is 574. The fourth-order valence-electron chi connectivity index (χ4n) is 2.91. The lowest BCUT2D eigenvalue weighted by atomic mass is 10.1. The van der Waals surface area contributed by atoms with Gasteiger partial charge in [0.2, 0.25) is 5.91 Å². The second kappa shape index (κ2) is 7.85. The van der Waals surface area contributed by atoms with Crippen molar-refractivity contribution in [3.05, 3.63) is 23.8 Å². The van der Waals surface area contributed by atoms with Crippen molar-refractivity contribution in [2.45, 2.75) is 38.6 Å². The largest absolute Gasteiger partial charge is 0.507 e. The summed E-state index contributed by atoms with van der Waals surface area (Å²) < 4.78 is 4.99. The third kappa shape index (κ3) is 4.15. The molecule has 0 aromatic heterocycles. The zero-order chi connectivity index (χ0) is 16.8. The number of nitrogens with one attached hydrogen (secondary N) is 1. The maximum Gasteiger partial charge on any atom is 0.255 e. The van der Waals surface area contributed by atoms with Crippen LogP contribution in [0.3, 0.4) is 0 Å². The third-order valence-corrected chi connectivity index (χ3v) is 4.23. The van der Waals surface area contributed by atoms with E-state index in [1.54, 1.807) is 6.07 Å². The first-order valence-corrected chi connectivity index (χ1v) is 8.01. The average molecular weight is 320 g/mol. The molecule has 1 unspecified atom stereocenters. The van der Waals surface area contributed by atoms with Gasteiger partial charge in [-0.05, 0) is 31.4 Å². The highest BCUT2D eigenvalue weighted by Crippen LogP contribution is 2.23. The molecule has 23 heavy (non-hydrogen) atoms. The lowest BCUT2D eigenvalue weighted by Gasteiger charge is -2.26. The Kier molecular flexibility index (Phi) is 5.84. The number of methoxy groups -OCH3 is 1. The Hall–Kier alpha value is -2.24.